The first-order chi connectivity index (χ1) is 27.9. The molecular formula is C46H39ClN4O6S. The molecule has 12 heteroatoms. The largest absolute Gasteiger partial charge is 0.508 e. The van der Waals surface area contributed by atoms with Gasteiger partial charge in [0.15, 0.2) is 0 Å². The Hall–Kier alpha value is -5.78. The highest BCUT2D eigenvalue weighted by Crippen LogP contribution is 2.65. The van der Waals surface area contributed by atoms with Crippen molar-refractivity contribution in [2.24, 2.45) is 36.1 Å². The molecule has 6 aromatic rings. The van der Waals surface area contributed by atoms with Crippen molar-refractivity contribution in [3.05, 3.63) is 118 Å². The summed E-state index contributed by atoms with van der Waals surface area (Å²) in [5.41, 5.74) is 2.48. The number of thiophene rings is 1. The van der Waals surface area contributed by atoms with Gasteiger partial charge < -0.3 is 10.2 Å². The number of aryl methyl sites for hydroxylation is 2. The number of hydrogen-bond acceptors (Lipinski definition) is 8. The molecule has 4 aliphatic rings. The number of halogens is 1. The Balaban J connectivity index is 1.07. The number of phenols is 2. The minimum absolute atomic E-state index is 0.0259. The molecule has 3 fully saturated rings. The van der Waals surface area contributed by atoms with Gasteiger partial charge in [-0.2, -0.15) is 5.10 Å². The maximum atomic E-state index is 15.3. The highest BCUT2D eigenvalue weighted by Gasteiger charge is 2.68. The summed E-state index contributed by atoms with van der Waals surface area (Å²) in [6.07, 6.45) is 2.93. The molecule has 10 rings (SSSR count). The molecule has 4 heterocycles. The molecule has 292 valence electrons. The van der Waals surface area contributed by atoms with E-state index in [-0.39, 0.29) is 36.3 Å². The molecule has 2 aliphatic heterocycles. The third kappa shape index (κ3) is 5.18. The van der Waals surface area contributed by atoms with Gasteiger partial charge in [0, 0.05) is 46.2 Å². The number of phenolic OH excluding ortho intramolecular Hbond substituents is 2. The lowest BCUT2D eigenvalue weighted by Crippen LogP contribution is -2.49. The van der Waals surface area contributed by atoms with E-state index < -0.39 is 46.8 Å². The Labute approximate surface area is 342 Å². The molecule has 0 bridgehead atoms. The number of carbonyl (C=O) groups excluding carboxylic acids is 4. The molecule has 58 heavy (non-hydrogen) atoms. The van der Waals surface area contributed by atoms with E-state index in [1.54, 1.807) is 53.4 Å². The Bertz CT molecular complexity index is 2810. The fourth-order valence-corrected chi connectivity index (χ4v) is 11.8. The molecule has 1 saturated carbocycles. The fraction of sp³-hybridized carbons (Fsp3) is 0.283. The van der Waals surface area contributed by atoms with Crippen LogP contribution in [0.1, 0.15) is 42.4 Å². The second-order valence-corrected chi connectivity index (χ2v) is 17.8. The second-order valence-electron chi connectivity index (χ2n) is 16.3. The SMILES string of the molecule is Cc1c(-c2cc(N3C(=O)[C@@H]4C[C@@H]5C(=CC[C@@H]6C(=O)N(CCc7ccc(O)cc7)C(=O)[C@@H]65)[C@H](c5ccc6ccccc6c5O)[C@]4(C)C3=O)n(C)n2)sc2ccc(Cl)cc12. The summed E-state index contributed by atoms with van der Waals surface area (Å²) in [7, 11) is 1.72. The molecule has 2 saturated heterocycles. The van der Waals surface area contributed by atoms with E-state index in [9.17, 15) is 19.8 Å². The zero-order chi connectivity index (χ0) is 40.4. The van der Waals surface area contributed by atoms with Crippen molar-refractivity contribution in [1.29, 1.82) is 0 Å². The monoisotopic (exact) mass is 810 g/mol. The summed E-state index contributed by atoms with van der Waals surface area (Å²) in [5, 5.41) is 29.7. The Morgan fingerprint density at radius 2 is 1.67 bits per heavy atom. The molecule has 0 radical (unpaired) electrons. The summed E-state index contributed by atoms with van der Waals surface area (Å²) in [4.78, 5) is 62.3. The van der Waals surface area contributed by atoms with Crippen molar-refractivity contribution in [2.75, 3.05) is 11.4 Å². The second kappa shape index (κ2) is 13.1. The number of likely N-dealkylation sites (tertiary alicyclic amines) is 1. The average molecular weight is 811 g/mol. The number of imide groups is 2. The van der Waals surface area contributed by atoms with Gasteiger partial charge in [-0.15, -0.1) is 11.3 Å². The van der Waals surface area contributed by atoms with Gasteiger partial charge in [0.2, 0.25) is 23.6 Å². The zero-order valence-corrected chi connectivity index (χ0v) is 33.6. The van der Waals surface area contributed by atoms with Crippen molar-refractivity contribution < 1.29 is 29.4 Å². The van der Waals surface area contributed by atoms with Crippen LogP contribution in [0.15, 0.2) is 96.6 Å². The molecule has 4 aromatic carbocycles. The molecule has 2 aromatic heterocycles. The van der Waals surface area contributed by atoms with Crippen LogP contribution >= 0.6 is 22.9 Å². The van der Waals surface area contributed by atoms with Crippen molar-refractivity contribution in [3.63, 3.8) is 0 Å². The van der Waals surface area contributed by atoms with Crippen LogP contribution in [0.4, 0.5) is 5.82 Å². The van der Waals surface area contributed by atoms with Crippen LogP contribution in [0.2, 0.25) is 5.02 Å². The van der Waals surface area contributed by atoms with Crippen LogP contribution < -0.4 is 4.90 Å². The quantitative estimate of drug-likeness (QED) is 0.128. The molecule has 4 amide bonds. The minimum Gasteiger partial charge on any atom is -0.508 e. The van der Waals surface area contributed by atoms with Crippen molar-refractivity contribution in [2.45, 2.75) is 39.0 Å². The summed E-state index contributed by atoms with van der Waals surface area (Å²) >= 11 is 7.90. The van der Waals surface area contributed by atoms with Crippen LogP contribution in [0.25, 0.3) is 31.4 Å². The van der Waals surface area contributed by atoms with Crippen LogP contribution in [0.3, 0.4) is 0 Å². The van der Waals surface area contributed by atoms with Gasteiger partial charge in [-0.3, -0.25) is 28.8 Å². The van der Waals surface area contributed by atoms with Crippen molar-refractivity contribution >= 4 is 73.2 Å². The first kappa shape index (κ1) is 36.6. The smallest absolute Gasteiger partial charge is 0.242 e. The predicted octanol–water partition coefficient (Wildman–Crippen LogP) is 8.30. The maximum Gasteiger partial charge on any atom is 0.242 e. The van der Waals surface area contributed by atoms with E-state index in [0.717, 1.165) is 37.0 Å². The first-order valence-corrected chi connectivity index (χ1v) is 20.7. The lowest BCUT2D eigenvalue weighted by Gasteiger charge is -2.49. The Kier molecular flexibility index (Phi) is 8.27. The van der Waals surface area contributed by atoms with E-state index in [2.05, 4.69) is 0 Å². The summed E-state index contributed by atoms with van der Waals surface area (Å²) in [6, 6.07) is 25.5. The highest BCUT2D eigenvalue weighted by atomic mass is 35.5. The van der Waals surface area contributed by atoms with Crippen LogP contribution in [-0.2, 0) is 32.6 Å². The number of allylic oxidation sites excluding steroid dienone is 2. The van der Waals surface area contributed by atoms with Gasteiger partial charge in [-0.25, -0.2) is 4.90 Å². The van der Waals surface area contributed by atoms with Crippen molar-refractivity contribution in [1.82, 2.24) is 14.7 Å². The number of hydrogen-bond donors (Lipinski definition) is 2. The number of anilines is 1. The predicted molar refractivity (Wildman–Crippen MR) is 223 cm³/mol. The number of benzene rings is 4. The number of fused-ring (bicyclic) bond motifs is 6. The van der Waals surface area contributed by atoms with E-state index in [0.29, 0.717) is 40.3 Å². The third-order valence-electron chi connectivity index (χ3n) is 13.4. The van der Waals surface area contributed by atoms with Gasteiger partial charge in [0.25, 0.3) is 0 Å². The van der Waals surface area contributed by atoms with Gasteiger partial charge in [-0.1, -0.05) is 71.8 Å². The molecule has 0 spiro atoms. The topological polar surface area (TPSA) is 133 Å². The summed E-state index contributed by atoms with van der Waals surface area (Å²) in [5.74, 6) is -4.28. The number of nitrogens with zero attached hydrogens (tertiary/aromatic N) is 4. The molecule has 2 aliphatic carbocycles. The standard InChI is InChI=1S/C46H39ClN4O6S/c1-23-32-20-26(47)11-17-36(32)58-41(23)35-22-37(49(3)48-35)51-43(55)34-21-33-29(39(46(34,2)45(51)57)31-14-10-25-6-4-5-7-28(25)40(31)53)15-16-30-38(33)44(56)50(42(30)54)19-18-24-8-12-27(52)13-9-24/h4-15,17,20,22,30,33-34,38-39,52-53H,16,18-19,21H2,1-3H3/t30-,33+,34-,38-,39+,46+/m0/s1. The number of aromatic nitrogens is 2. The van der Waals surface area contributed by atoms with Crippen LogP contribution in [0, 0.1) is 36.0 Å². The third-order valence-corrected chi connectivity index (χ3v) is 14.9. The number of carbonyl (C=O) groups is 4. The summed E-state index contributed by atoms with van der Waals surface area (Å²) < 4.78 is 2.61. The highest BCUT2D eigenvalue weighted by molar-refractivity contribution is 7.22. The zero-order valence-electron chi connectivity index (χ0n) is 32.0. The Morgan fingerprint density at radius 1 is 0.897 bits per heavy atom. The first-order valence-electron chi connectivity index (χ1n) is 19.5. The Morgan fingerprint density at radius 3 is 2.47 bits per heavy atom. The van der Waals surface area contributed by atoms with Crippen molar-refractivity contribution in [3.8, 4) is 22.1 Å². The normalized spacial score (nSPS) is 25.4. The summed E-state index contributed by atoms with van der Waals surface area (Å²) in [6.45, 7) is 4.02. The van der Waals surface area contributed by atoms with Gasteiger partial charge >= 0.3 is 0 Å². The average Bonchev–Trinajstić information content (AvgIpc) is 3.88. The van der Waals surface area contributed by atoms with E-state index in [1.165, 1.54) is 9.80 Å². The lowest BCUT2D eigenvalue weighted by atomic mass is 9.51. The van der Waals surface area contributed by atoms with E-state index in [4.69, 9.17) is 16.7 Å². The van der Waals surface area contributed by atoms with Gasteiger partial charge in [0.05, 0.1) is 28.0 Å². The molecule has 6 atom stereocenters. The maximum absolute atomic E-state index is 15.3. The number of amides is 4. The van der Waals surface area contributed by atoms with Gasteiger partial charge in [0.1, 0.15) is 23.0 Å². The number of rotatable bonds is 6. The fourth-order valence-electron chi connectivity index (χ4n) is 10.5. The van der Waals surface area contributed by atoms with Gasteiger partial charge in [-0.05, 0) is 91.3 Å². The van der Waals surface area contributed by atoms with E-state index in [1.807, 2.05) is 74.5 Å². The van der Waals surface area contributed by atoms with E-state index >= 15 is 9.59 Å². The molecular weight excluding hydrogens is 772 g/mol. The lowest BCUT2D eigenvalue weighted by molar-refractivity contribution is -0.140. The number of aromatic hydroxyl groups is 2. The van der Waals surface area contributed by atoms with Crippen LogP contribution in [0.5, 0.6) is 11.5 Å². The molecule has 10 nitrogen and oxygen atoms in total. The minimum atomic E-state index is -1.34. The molecule has 0 unspecified atom stereocenters. The van der Waals surface area contributed by atoms with Crippen LogP contribution in [-0.4, -0.2) is 55.1 Å². The molecule has 2 N–H and O–H groups in total.